The van der Waals surface area contributed by atoms with Gasteiger partial charge in [0.15, 0.2) is 0 Å². The van der Waals surface area contributed by atoms with Gasteiger partial charge in [-0.15, -0.1) is 0 Å². The summed E-state index contributed by atoms with van der Waals surface area (Å²) in [5, 5.41) is 4.20. The number of morpholine rings is 1. The minimum absolute atomic E-state index is 0.0590. The zero-order valence-electron chi connectivity index (χ0n) is 14.2. The molecule has 1 N–H and O–H groups in total. The van der Waals surface area contributed by atoms with Gasteiger partial charge in [0.05, 0.1) is 23.3 Å². The predicted molar refractivity (Wildman–Crippen MR) is 102 cm³/mol. The number of halogens is 2. The molecule has 1 amide bonds. The lowest BCUT2D eigenvalue weighted by Crippen LogP contribution is -2.55. The van der Waals surface area contributed by atoms with Crippen molar-refractivity contribution < 1.29 is 9.53 Å². The van der Waals surface area contributed by atoms with E-state index in [-0.39, 0.29) is 11.9 Å². The number of hydrogen-bond donors (Lipinski definition) is 1. The fourth-order valence-electron chi connectivity index (χ4n) is 3.64. The first-order valence-electron chi connectivity index (χ1n) is 8.89. The number of hydrogen-bond acceptors (Lipinski definition) is 3. The van der Waals surface area contributed by atoms with Crippen LogP contribution in [0.1, 0.15) is 31.2 Å². The molecular weight excluding hydrogens is 359 g/mol. The van der Waals surface area contributed by atoms with Gasteiger partial charge in [0, 0.05) is 31.2 Å². The van der Waals surface area contributed by atoms with Gasteiger partial charge in [-0.25, -0.2) is 0 Å². The van der Waals surface area contributed by atoms with E-state index in [0.717, 1.165) is 44.7 Å². The molecule has 0 aromatic heterocycles. The quantitative estimate of drug-likeness (QED) is 0.805. The highest BCUT2D eigenvalue weighted by Crippen LogP contribution is 2.25. The minimum atomic E-state index is -0.0590. The lowest BCUT2D eigenvalue weighted by molar-refractivity contribution is -0.118. The normalized spacial score (nSPS) is 25.2. The summed E-state index contributed by atoms with van der Waals surface area (Å²) in [5.41, 5.74) is 0.859. The van der Waals surface area contributed by atoms with Crippen LogP contribution in [0.3, 0.4) is 0 Å². The summed E-state index contributed by atoms with van der Waals surface area (Å²) < 4.78 is 5.45. The maximum Gasteiger partial charge on any atom is 0.244 e. The molecule has 1 aliphatic carbocycles. The molecule has 1 saturated carbocycles. The Morgan fingerprint density at radius 3 is 2.68 bits per heavy atom. The Morgan fingerprint density at radius 1 is 1.16 bits per heavy atom. The van der Waals surface area contributed by atoms with Gasteiger partial charge in [-0.3, -0.25) is 9.69 Å². The molecule has 0 bridgehead atoms. The summed E-state index contributed by atoms with van der Waals surface area (Å²) in [6.07, 6.45) is 7.92. The fraction of sp³-hybridized carbons (Fsp3) is 0.526. The van der Waals surface area contributed by atoms with Crippen molar-refractivity contribution in [3.8, 4) is 0 Å². The van der Waals surface area contributed by atoms with Gasteiger partial charge in [-0.05, 0) is 36.6 Å². The van der Waals surface area contributed by atoms with E-state index in [2.05, 4.69) is 10.2 Å². The third-order valence-corrected chi connectivity index (χ3v) is 5.68. The van der Waals surface area contributed by atoms with E-state index in [1.165, 1.54) is 12.8 Å². The number of carbonyl (C=O) groups is 1. The summed E-state index contributed by atoms with van der Waals surface area (Å²) in [5.74, 6) is -0.0590. The van der Waals surface area contributed by atoms with Gasteiger partial charge >= 0.3 is 0 Å². The molecule has 2 atom stereocenters. The lowest BCUT2D eigenvalue weighted by atomic mass is 9.88. The van der Waals surface area contributed by atoms with Crippen LogP contribution in [0.15, 0.2) is 24.3 Å². The molecule has 0 spiro atoms. The SMILES string of the molecule is O=C(C=Cc1ccc(Cl)c(Cl)c1)N[C@H]1CCCC[C@@H]1N1CCOCC1. The van der Waals surface area contributed by atoms with E-state index in [1.807, 2.05) is 6.07 Å². The highest BCUT2D eigenvalue weighted by atomic mass is 35.5. The predicted octanol–water partition coefficient (Wildman–Crippen LogP) is 3.77. The largest absolute Gasteiger partial charge is 0.379 e. The summed E-state index contributed by atoms with van der Waals surface area (Å²) in [7, 11) is 0. The fourth-order valence-corrected chi connectivity index (χ4v) is 3.95. The van der Waals surface area contributed by atoms with Gasteiger partial charge in [-0.1, -0.05) is 42.1 Å². The first-order chi connectivity index (χ1) is 12.1. The van der Waals surface area contributed by atoms with Crippen molar-refractivity contribution in [2.75, 3.05) is 26.3 Å². The monoisotopic (exact) mass is 382 g/mol. The molecule has 1 aromatic carbocycles. The Bertz CT molecular complexity index is 630. The van der Waals surface area contributed by atoms with Crippen LogP contribution < -0.4 is 5.32 Å². The van der Waals surface area contributed by atoms with E-state index in [0.29, 0.717) is 16.1 Å². The maximum absolute atomic E-state index is 12.4. The van der Waals surface area contributed by atoms with E-state index in [4.69, 9.17) is 27.9 Å². The molecule has 2 aliphatic rings. The van der Waals surface area contributed by atoms with Crippen molar-refractivity contribution in [3.63, 3.8) is 0 Å². The molecule has 4 nitrogen and oxygen atoms in total. The van der Waals surface area contributed by atoms with Crippen molar-refractivity contribution >= 4 is 35.2 Å². The van der Waals surface area contributed by atoms with Gasteiger partial charge in [0.1, 0.15) is 0 Å². The second-order valence-corrected chi connectivity index (χ2v) is 7.44. The summed E-state index contributed by atoms with van der Waals surface area (Å²) in [6, 6.07) is 5.95. The third kappa shape index (κ3) is 5.20. The number of benzene rings is 1. The van der Waals surface area contributed by atoms with Crippen LogP contribution in [0.4, 0.5) is 0 Å². The zero-order chi connectivity index (χ0) is 17.6. The molecule has 6 heteroatoms. The average Bonchev–Trinajstić information content (AvgIpc) is 2.64. The number of ether oxygens (including phenoxy) is 1. The van der Waals surface area contributed by atoms with Crippen molar-refractivity contribution in [2.24, 2.45) is 0 Å². The van der Waals surface area contributed by atoms with E-state index in [9.17, 15) is 4.79 Å². The molecule has 1 heterocycles. The van der Waals surface area contributed by atoms with Crippen LogP contribution in [0.25, 0.3) is 6.08 Å². The lowest BCUT2D eigenvalue weighted by Gasteiger charge is -2.41. The second-order valence-electron chi connectivity index (χ2n) is 6.62. The zero-order valence-corrected chi connectivity index (χ0v) is 15.7. The Balaban J connectivity index is 1.59. The molecule has 1 aliphatic heterocycles. The number of nitrogens with one attached hydrogen (secondary N) is 1. The Hall–Kier alpha value is -1.07. The Labute approximate surface area is 159 Å². The summed E-state index contributed by atoms with van der Waals surface area (Å²) in [4.78, 5) is 14.8. The molecule has 25 heavy (non-hydrogen) atoms. The number of nitrogens with zero attached hydrogens (tertiary/aromatic N) is 1. The second kappa shape index (κ2) is 9.04. The van der Waals surface area contributed by atoms with Crippen LogP contribution in [0, 0.1) is 0 Å². The molecule has 1 saturated heterocycles. The Morgan fingerprint density at radius 2 is 1.92 bits per heavy atom. The van der Waals surface area contributed by atoms with Gasteiger partial charge < -0.3 is 10.1 Å². The van der Waals surface area contributed by atoms with E-state index < -0.39 is 0 Å². The standard InChI is InChI=1S/C19H24Cl2N2O2/c20-15-7-5-14(13-16(15)21)6-8-19(24)22-17-3-1-2-4-18(17)23-9-11-25-12-10-23/h5-8,13,17-18H,1-4,9-12H2,(H,22,24)/t17-,18-/m0/s1. The molecular formula is C19H24Cl2N2O2. The van der Waals surface area contributed by atoms with Crippen LogP contribution in [0.2, 0.25) is 10.0 Å². The van der Waals surface area contributed by atoms with Crippen molar-refractivity contribution in [3.05, 3.63) is 39.9 Å². The van der Waals surface area contributed by atoms with E-state index >= 15 is 0 Å². The van der Waals surface area contributed by atoms with Crippen molar-refractivity contribution in [1.29, 1.82) is 0 Å². The van der Waals surface area contributed by atoms with Gasteiger partial charge in [-0.2, -0.15) is 0 Å². The Kier molecular flexibility index (Phi) is 6.77. The molecule has 136 valence electrons. The average molecular weight is 383 g/mol. The number of carbonyl (C=O) groups excluding carboxylic acids is 1. The summed E-state index contributed by atoms with van der Waals surface area (Å²) in [6.45, 7) is 3.48. The highest BCUT2D eigenvalue weighted by Gasteiger charge is 2.31. The van der Waals surface area contributed by atoms with Crippen LogP contribution in [0.5, 0.6) is 0 Å². The topological polar surface area (TPSA) is 41.6 Å². The smallest absolute Gasteiger partial charge is 0.244 e. The summed E-state index contributed by atoms with van der Waals surface area (Å²) >= 11 is 11.9. The molecule has 3 rings (SSSR count). The van der Waals surface area contributed by atoms with E-state index in [1.54, 1.807) is 24.3 Å². The van der Waals surface area contributed by atoms with Crippen LogP contribution in [-0.2, 0) is 9.53 Å². The maximum atomic E-state index is 12.4. The van der Waals surface area contributed by atoms with Crippen LogP contribution >= 0.6 is 23.2 Å². The first kappa shape index (κ1) is 18.7. The number of rotatable bonds is 4. The molecule has 2 fully saturated rings. The third-order valence-electron chi connectivity index (χ3n) is 4.94. The molecule has 0 unspecified atom stereocenters. The highest BCUT2D eigenvalue weighted by molar-refractivity contribution is 6.42. The minimum Gasteiger partial charge on any atom is -0.379 e. The van der Waals surface area contributed by atoms with Crippen molar-refractivity contribution in [2.45, 2.75) is 37.8 Å². The van der Waals surface area contributed by atoms with Gasteiger partial charge in [0.2, 0.25) is 5.91 Å². The van der Waals surface area contributed by atoms with Gasteiger partial charge in [0.25, 0.3) is 0 Å². The van der Waals surface area contributed by atoms with Crippen molar-refractivity contribution in [1.82, 2.24) is 10.2 Å². The number of amides is 1. The van der Waals surface area contributed by atoms with Crippen LogP contribution in [-0.4, -0.2) is 49.2 Å². The molecule has 0 radical (unpaired) electrons. The first-order valence-corrected chi connectivity index (χ1v) is 9.64. The molecule has 1 aromatic rings.